The second-order valence-electron chi connectivity index (χ2n) is 3.82. The van der Waals surface area contributed by atoms with E-state index >= 15 is 0 Å². The first-order valence-corrected chi connectivity index (χ1v) is 6.10. The Bertz CT molecular complexity index is 646. The molecule has 6 heteroatoms. The van der Waals surface area contributed by atoms with Crippen molar-refractivity contribution in [3.8, 4) is 11.6 Å². The van der Waals surface area contributed by atoms with Crippen LogP contribution in [0.15, 0.2) is 34.8 Å². The van der Waals surface area contributed by atoms with Gasteiger partial charge in [0.1, 0.15) is 11.6 Å². The lowest BCUT2D eigenvalue weighted by Crippen LogP contribution is -2.00. The van der Waals surface area contributed by atoms with E-state index in [9.17, 15) is 9.18 Å². The van der Waals surface area contributed by atoms with Crippen LogP contribution >= 0.6 is 15.9 Å². The molecule has 2 rings (SSSR count). The summed E-state index contributed by atoms with van der Waals surface area (Å²) in [4.78, 5) is 15.0. The first-order valence-electron chi connectivity index (χ1n) is 5.30. The number of nitrogens with zero attached hydrogens (tertiary/aromatic N) is 1. The number of aromatic nitrogens is 1. The monoisotopic (exact) mass is 325 g/mol. The number of carboxylic acids is 1. The number of aryl methyl sites for hydroxylation is 1. The maximum atomic E-state index is 12.9. The van der Waals surface area contributed by atoms with E-state index in [1.165, 1.54) is 30.3 Å². The largest absolute Gasteiger partial charge is 0.478 e. The molecule has 4 nitrogen and oxygen atoms in total. The first-order chi connectivity index (χ1) is 8.95. The highest BCUT2D eigenvalue weighted by molar-refractivity contribution is 9.10. The van der Waals surface area contributed by atoms with Crippen LogP contribution in [0.3, 0.4) is 0 Å². The average molecular weight is 326 g/mol. The molecule has 0 bridgehead atoms. The van der Waals surface area contributed by atoms with Crippen LogP contribution in [0.5, 0.6) is 11.6 Å². The molecule has 0 radical (unpaired) electrons. The zero-order valence-electron chi connectivity index (χ0n) is 9.85. The van der Waals surface area contributed by atoms with Crippen LogP contribution < -0.4 is 4.74 Å². The molecule has 0 amide bonds. The number of halogens is 2. The van der Waals surface area contributed by atoms with Crippen LogP contribution in [-0.2, 0) is 0 Å². The second-order valence-corrected chi connectivity index (χ2v) is 4.67. The van der Waals surface area contributed by atoms with Crippen molar-refractivity contribution in [1.82, 2.24) is 4.98 Å². The zero-order valence-corrected chi connectivity index (χ0v) is 11.4. The van der Waals surface area contributed by atoms with Crippen molar-refractivity contribution in [2.45, 2.75) is 6.92 Å². The van der Waals surface area contributed by atoms with Gasteiger partial charge >= 0.3 is 5.97 Å². The molecule has 19 heavy (non-hydrogen) atoms. The fourth-order valence-corrected chi connectivity index (χ4v) is 1.92. The van der Waals surface area contributed by atoms with Crippen LogP contribution in [0.25, 0.3) is 0 Å². The van der Waals surface area contributed by atoms with Gasteiger partial charge in [0.2, 0.25) is 5.88 Å². The maximum absolute atomic E-state index is 12.9. The van der Waals surface area contributed by atoms with Gasteiger partial charge in [0.05, 0.1) is 10.0 Å². The van der Waals surface area contributed by atoms with E-state index in [2.05, 4.69) is 20.9 Å². The molecule has 1 heterocycles. The summed E-state index contributed by atoms with van der Waals surface area (Å²) in [6, 6.07) is 6.68. The van der Waals surface area contributed by atoms with Gasteiger partial charge in [-0.25, -0.2) is 14.2 Å². The lowest BCUT2D eigenvalue weighted by atomic mass is 10.2. The highest BCUT2D eigenvalue weighted by Gasteiger charge is 2.10. The molecule has 0 saturated heterocycles. The van der Waals surface area contributed by atoms with Crippen molar-refractivity contribution in [2.24, 2.45) is 0 Å². The summed E-state index contributed by atoms with van der Waals surface area (Å²) >= 11 is 3.16. The van der Waals surface area contributed by atoms with E-state index in [0.717, 1.165) is 0 Å². The van der Waals surface area contributed by atoms with E-state index in [1.807, 2.05) is 0 Å². The Morgan fingerprint density at radius 3 is 2.74 bits per heavy atom. The predicted octanol–water partition coefficient (Wildman–Crippen LogP) is 3.78. The van der Waals surface area contributed by atoms with Crippen molar-refractivity contribution in [1.29, 1.82) is 0 Å². The molecule has 0 aliphatic carbocycles. The molecular formula is C13H9BrFNO3. The van der Waals surface area contributed by atoms with Gasteiger partial charge in [-0.1, -0.05) is 0 Å². The Hall–Kier alpha value is -1.95. The molecule has 0 aliphatic heterocycles. The van der Waals surface area contributed by atoms with Gasteiger partial charge < -0.3 is 9.84 Å². The molecule has 0 fully saturated rings. The number of rotatable bonds is 3. The van der Waals surface area contributed by atoms with Crippen LogP contribution in [0.2, 0.25) is 0 Å². The van der Waals surface area contributed by atoms with Crippen molar-refractivity contribution < 1.29 is 19.0 Å². The molecule has 1 aromatic carbocycles. The Labute approximate surface area is 117 Å². The molecule has 1 N–H and O–H groups in total. The summed E-state index contributed by atoms with van der Waals surface area (Å²) in [5.41, 5.74) is 0.605. The quantitative estimate of drug-likeness (QED) is 0.932. The molecule has 0 saturated carbocycles. The minimum absolute atomic E-state index is 0.0840. The Morgan fingerprint density at radius 1 is 1.37 bits per heavy atom. The summed E-state index contributed by atoms with van der Waals surface area (Å²) in [6.07, 6.45) is 0. The molecule has 98 valence electrons. The van der Waals surface area contributed by atoms with Gasteiger partial charge in [-0.2, -0.15) is 0 Å². The van der Waals surface area contributed by atoms with Crippen molar-refractivity contribution in [2.75, 3.05) is 0 Å². The van der Waals surface area contributed by atoms with E-state index in [1.54, 1.807) is 6.92 Å². The molecule has 0 aliphatic rings. The highest BCUT2D eigenvalue weighted by atomic mass is 79.9. The predicted molar refractivity (Wildman–Crippen MR) is 70.1 cm³/mol. The van der Waals surface area contributed by atoms with Gasteiger partial charge in [-0.15, -0.1) is 0 Å². The second kappa shape index (κ2) is 5.36. The maximum Gasteiger partial charge on any atom is 0.335 e. The Kier molecular flexibility index (Phi) is 3.80. The number of pyridine rings is 1. The fraction of sp³-hybridized carbons (Fsp3) is 0.0769. The fourth-order valence-electron chi connectivity index (χ4n) is 1.48. The van der Waals surface area contributed by atoms with Gasteiger partial charge in [0.15, 0.2) is 0 Å². The lowest BCUT2D eigenvalue weighted by Gasteiger charge is -2.08. The standard InChI is InChI=1S/C13H9BrFNO3/c1-7-4-8(13(17)18)5-12(16-7)19-11-3-2-9(15)6-10(11)14/h2-6H,1H3,(H,17,18). The number of ether oxygens (including phenoxy) is 1. The van der Waals surface area contributed by atoms with Gasteiger partial charge in [-0.05, 0) is 47.1 Å². The minimum atomic E-state index is -1.06. The molecule has 2 aromatic rings. The molecular weight excluding hydrogens is 317 g/mol. The van der Waals surface area contributed by atoms with Gasteiger partial charge in [-0.3, -0.25) is 0 Å². The zero-order chi connectivity index (χ0) is 14.0. The van der Waals surface area contributed by atoms with E-state index < -0.39 is 11.8 Å². The number of carboxylic acid groups (broad SMARTS) is 1. The number of aromatic carboxylic acids is 1. The molecule has 0 spiro atoms. The Morgan fingerprint density at radius 2 is 2.11 bits per heavy atom. The molecule has 0 atom stereocenters. The third-order valence-corrected chi connectivity index (χ3v) is 2.91. The van der Waals surface area contributed by atoms with Crippen LogP contribution in [0.1, 0.15) is 16.1 Å². The van der Waals surface area contributed by atoms with Crippen molar-refractivity contribution in [3.63, 3.8) is 0 Å². The summed E-state index contributed by atoms with van der Waals surface area (Å²) in [5.74, 6) is -0.961. The van der Waals surface area contributed by atoms with Crippen LogP contribution in [-0.4, -0.2) is 16.1 Å². The summed E-state index contributed by atoms with van der Waals surface area (Å²) in [7, 11) is 0. The summed E-state index contributed by atoms with van der Waals surface area (Å²) in [5, 5.41) is 8.95. The van der Waals surface area contributed by atoms with Gasteiger partial charge in [0.25, 0.3) is 0 Å². The van der Waals surface area contributed by atoms with E-state index in [-0.39, 0.29) is 11.4 Å². The van der Waals surface area contributed by atoms with Crippen molar-refractivity contribution >= 4 is 21.9 Å². The third kappa shape index (κ3) is 3.29. The van der Waals surface area contributed by atoms with Crippen molar-refractivity contribution in [3.05, 3.63) is 51.9 Å². The first kappa shape index (κ1) is 13.5. The van der Waals surface area contributed by atoms with Crippen LogP contribution in [0.4, 0.5) is 4.39 Å². The average Bonchev–Trinajstić information content (AvgIpc) is 2.32. The smallest absolute Gasteiger partial charge is 0.335 e. The summed E-state index contributed by atoms with van der Waals surface area (Å²) in [6.45, 7) is 1.67. The number of carbonyl (C=O) groups is 1. The third-order valence-electron chi connectivity index (χ3n) is 2.29. The minimum Gasteiger partial charge on any atom is -0.478 e. The SMILES string of the molecule is Cc1cc(C(=O)O)cc(Oc2ccc(F)cc2Br)n1. The summed E-state index contributed by atoms with van der Waals surface area (Å²) < 4.78 is 18.8. The lowest BCUT2D eigenvalue weighted by molar-refractivity contribution is 0.0696. The van der Waals surface area contributed by atoms with E-state index in [4.69, 9.17) is 9.84 Å². The topological polar surface area (TPSA) is 59.4 Å². The number of hydrogen-bond acceptors (Lipinski definition) is 3. The molecule has 1 aromatic heterocycles. The van der Waals surface area contributed by atoms with Gasteiger partial charge in [0, 0.05) is 11.8 Å². The van der Waals surface area contributed by atoms with E-state index in [0.29, 0.717) is 15.9 Å². The number of benzene rings is 1. The Balaban J connectivity index is 2.35. The normalized spacial score (nSPS) is 10.3. The highest BCUT2D eigenvalue weighted by Crippen LogP contribution is 2.29. The molecule has 0 unspecified atom stereocenters. The number of hydrogen-bond donors (Lipinski definition) is 1. The van der Waals surface area contributed by atoms with Crippen LogP contribution in [0, 0.1) is 12.7 Å².